The highest BCUT2D eigenvalue weighted by atomic mass is 16.5. The second kappa shape index (κ2) is 8.92. The molecule has 3 unspecified atom stereocenters. The van der Waals surface area contributed by atoms with E-state index in [2.05, 4.69) is 5.32 Å². The quantitative estimate of drug-likeness (QED) is 0.668. The Hall–Kier alpha value is -1.14. The molecule has 1 aliphatic rings. The predicted octanol–water partition coefficient (Wildman–Crippen LogP) is 1.33. The first-order chi connectivity index (χ1) is 9.54. The number of carboxylic acids is 1. The zero-order valence-electron chi connectivity index (χ0n) is 12.3. The van der Waals surface area contributed by atoms with E-state index in [0.717, 1.165) is 32.3 Å². The van der Waals surface area contributed by atoms with Gasteiger partial charge in [-0.3, -0.25) is 4.79 Å². The highest BCUT2D eigenvalue weighted by Gasteiger charge is 2.24. The van der Waals surface area contributed by atoms with Gasteiger partial charge in [0.25, 0.3) is 0 Å². The molecule has 0 aromatic carbocycles. The number of rotatable bonds is 9. The van der Waals surface area contributed by atoms with Crippen molar-refractivity contribution in [1.29, 1.82) is 0 Å². The van der Waals surface area contributed by atoms with Crippen molar-refractivity contribution in [3.63, 3.8) is 0 Å². The van der Waals surface area contributed by atoms with Gasteiger partial charge in [-0.25, -0.2) is 4.79 Å². The SMILES string of the molecule is CCCCC(NC(=O)C(C)OCC1CCCO1)C(=O)O. The highest BCUT2D eigenvalue weighted by molar-refractivity contribution is 5.86. The molecule has 0 aromatic rings. The van der Waals surface area contributed by atoms with Crippen LogP contribution in [0.2, 0.25) is 0 Å². The molecule has 0 aromatic heterocycles. The summed E-state index contributed by atoms with van der Waals surface area (Å²) < 4.78 is 10.8. The maximum Gasteiger partial charge on any atom is 0.326 e. The fourth-order valence-corrected chi connectivity index (χ4v) is 2.06. The lowest BCUT2D eigenvalue weighted by atomic mass is 10.1. The van der Waals surface area contributed by atoms with Crippen LogP contribution in [0.15, 0.2) is 0 Å². The van der Waals surface area contributed by atoms with Crippen LogP contribution in [0.25, 0.3) is 0 Å². The van der Waals surface area contributed by atoms with Gasteiger partial charge in [0.05, 0.1) is 12.7 Å². The van der Waals surface area contributed by atoms with Crippen LogP contribution in [0.1, 0.15) is 46.0 Å². The maximum absolute atomic E-state index is 11.9. The Morgan fingerprint density at radius 1 is 1.50 bits per heavy atom. The average Bonchev–Trinajstić information content (AvgIpc) is 2.93. The van der Waals surface area contributed by atoms with E-state index >= 15 is 0 Å². The summed E-state index contributed by atoms with van der Waals surface area (Å²) in [4.78, 5) is 22.9. The molecule has 0 radical (unpaired) electrons. The summed E-state index contributed by atoms with van der Waals surface area (Å²) in [5.74, 6) is -1.38. The summed E-state index contributed by atoms with van der Waals surface area (Å²) >= 11 is 0. The molecule has 1 rings (SSSR count). The molecule has 116 valence electrons. The summed E-state index contributed by atoms with van der Waals surface area (Å²) in [7, 11) is 0. The molecule has 2 N–H and O–H groups in total. The van der Waals surface area contributed by atoms with Crippen molar-refractivity contribution in [1.82, 2.24) is 5.32 Å². The molecule has 0 spiro atoms. The van der Waals surface area contributed by atoms with Gasteiger partial charge in [0.15, 0.2) is 0 Å². The van der Waals surface area contributed by atoms with Crippen LogP contribution in [0, 0.1) is 0 Å². The molecular weight excluding hydrogens is 262 g/mol. The van der Waals surface area contributed by atoms with E-state index in [-0.39, 0.29) is 12.0 Å². The minimum atomic E-state index is -1.00. The van der Waals surface area contributed by atoms with Crippen LogP contribution in [0.5, 0.6) is 0 Å². The Bertz CT molecular complexity index is 315. The van der Waals surface area contributed by atoms with Crippen LogP contribution in [0.4, 0.5) is 0 Å². The van der Waals surface area contributed by atoms with Crippen molar-refractivity contribution in [3.05, 3.63) is 0 Å². The number of unbranched alkanes of at least 4 members (excludes halogenated alkanes) is 1. The molecule has 6 heteroatoms. The molecule has 6 nitrogen and oxygen atoms in total. The molecule has 1 heterocycles. The molecular formula is C14H25NO5. The average molecular weight is 287 g/mol. The Morgan fingerprint density at radius 2 is 2.25 bits per heavy atom. The van der Waals surface area contributed by atoms with Gasteiger partial charge in [-0.1, -0.05) is 19.8 Å². The number of carboxylic acid groups (broad SMARTS) is 1. The fourth-order valence-electron chi connectivity index (χ4n) is 2.06. The standard InChI is InChI=1S/C14H25NO5/c1-3-4-7-12(14(17)18)15-13(16)10(2)20-9-11-6-5-8-19-11/h10-12H,3-9H2,1-2H3,(H,15,16)(H,17,18). The lowest BCUT2D eigenvalue weighted by Gasteiger charge is -2.19. The van der Waals surface area contributed by atoms with Crippen molar-refractivity contribution in [2.24, 2.45) is 0 Å². The Labute approximate surface area is 119 Å². The molecule has 1 aliphatic heterocycles. The predicted molar refractivity (Wildman–Crippen MR) is 73.5 cm³/mol. The third-order valence-corrected chi connectivity index (χ3v) is 3.39. The van der Waals surface area contributed by atoms with Crippen LogP contribution in [0.3, 0.4) is 0 Å². The Balaban J connectivity index is 2.32. The van der Waals surface area contributed by atoms with Gasteiger partial charge >= 0.3 is 5.97 Å². The maximum atomic E-state index is 11.9. The monoisotopic (exact) mass is 287 g/mol. The van der Waals surface area contributed by atoms with E-state index < -0.39 is 18.1 Å². The van der Waals surface area contributed by atoms with Crippen molar-refractivity contribution >= 4 is 11.9 Å². The molecule has 3 atom stereocenters. The first-order valence-electron chi connectivity index (χ1n) is 7.31. The number of ether oxygens (including phenoxy) is 2. The molecule has 1 amide bonds. The molecule has 1 saturated heterocycles. The Kier molecular flexibility index (Phi) is 7.54. The lowest BCUT2D eigenvalue weighted by Crippen LogP contribution is -2.45. The number of nitrogens with one attached hydrogen (secondary N) is 1. The van der Waals surface area contributed by atoms with E-state index in [0.29, 0.717) is 13.0 Å². The van der Waals surface area contributed by atoms with Gasteiger partial charge in [-0.05, 0) is 26.2 Å². The summed E-state index contributed by atoms with van der Waals surface area (Å²) in [6, 6.07) is -0.837. The normalized spacial score (nSPS) is 21.4. The van der Waals surface area contributed by atoms with Crippen LogP contribution in [-0.4, -0.2) is 48.4 Å². The van der Waals surface area contributed by atoms with Gasteiger partial charge in [0.1, 0.15) is 12.1 Å². The first-order valence-corrected chi connectivity index (χ1v) is 7.31. The van der Waals surface area contributed by atoms with Gasteiger partial charge in [-0.2, -0.15) is 0 Å². The Morgan fingerprint density at radius 3 is 2.80 bits per heavy atom. The van der Waals surface area contributed by atoms with E-state index in [1.54, 1.807) is 6.92 Å². The van der Waals surface area contributed by atoms with Gasteiger partial charge in [-0.15, -0.1) is 0 Å². The van der Waals surface area contributed by atoms with Crippen molar-refractivity contribution in [2.45, 2.75) is 64.2 Å². The largest absolute Gasteiger partial charge is 0.480 e. The zero-order chi connectivity index (χ0) is 15.0. The first kappa shape index (κ1) is 16.9. The van der Waals surface area contributed by atoms with Crippen molar-refractivity contribution in [2.75, 3.05) is 13.2 Å². The zero-order valence-corrected chi connectivity index (χ0v) is 12.3. The summed E-state index contributed by atoms with van der Waals surface area (Å²) in [6.45, 7) is 4.73. The topological polar surface area (TPSA) is 84.9 Å². The summed E-state index contributed by atoms with van der Waals surface area (Å²) in [5, 5.41) is 11.6. The highest BCUT2D eigenvalue weighted by Crippen LogP contribution is 2.12. The van der Waals surface area contributed by atoms with Gasteiger partial charge in [0.2, 0.25) is 5.91 Å². The fraction of sp³-hybridized carbons (Fsp3) is 0.857. The summed E-state index contributed by atoms with van der Waals surface area (Å²) in [5.41, 5.74) is 0. The second-order valence-corrected chi connectivity index (χ2v) is 5.15. The summed E-state index contributed by atoms with van der Waals surface area (Å²) in [6.07, 6.45) is 3.46. The number of hydrogen-bond acceptors (Lipinski definition) is 4. The number of aliphatic carboxylic acids is 1. The van der Waals surface area contributed by atoms with Gasteiger partial charge in [0, 0.05) is 6.61 Å². The third kappa shape index (κ3) is 5.88. The van der Waals surface area contributed by atoms with Crippen molar-refractivity contribution in [3.8, 4) is 0 Å². The van der Waals surface area contributed by atoms with Crippen LogP contribution >= 0.6 is 0 Å². The number of amides is 1. The van der Waals surface area contributed by atoms with Gasteiger partial charge < -0.3 is 19.9 Å². The van der Waals surface area contributed by atoms with E-state index in [9.17, 15) is 9.59 Å². The third-order valence-electron chi connectivity index (χ3n) is 3.39. The number of carbonyl (C=O) groups excluding carboxylic acids is 1. The number of carbonyl (C=O) groups is 2. The second-order valence-electron chi connectivity index (χ2n) is 5.15. The molecule has 0 saturated carbocycles. The van der Waals surface area contributed by atoms with Crippen molar-refractivity contribution < 1.29 is 24.2 Å². The lowest BCUT2D eigenvalue weighted by molar-refractivity contribution is -0.144. The van der Waals surface area contributed by atoms with E-state index in [1.807, 2.05) is 6.92 Å². The minimum absolute atomic E-state index is 0.0561. The molecule has 0 bridgehead atoms. The molecule has 0 aliphatic carbocycles. The van der Waals surface area contributed by atoms with Crippen LogP contribution in [-0.2, 0) is 19.1 Å². The molecule has 1 fully saturated rings. The molecule has 20 heavy (non-hydrogen) atoms. The number of hydrogen-bond donors (Lipinski definition) is 2. The van der Waals surface area contributed by atoms with E-state index in [1.165, 1.54) is 0 Å². The smallest absolute Gasteiger partial charge is 0.326 e. The van der Waals surface area contributed by atoms with Crippen LogP contribution < -0.4 is 5.32 Å². The van der Waals surface area contributed by atoms with E-state index in [4.69, 9.17) is 14.6 Å². The minimum Gasteiger partial charge on any atom is -0.480 e.